The fraction of sp³-hybridized carbons (Fsp3) is 0.914. The number of hydrogen-bond acceptors (Lipinski definition) is 3. The second kappa shape index (κ2) is 29.0. The maximum atomic E-state index is 10.5. The van der Waals surface area contributed by atoms with Crippen LogP contribution in [0.25, 0.3) is 0 Å². The summed E-state index contributed by atoms with van der Waals surface area (Å²) in [5.41, 5.74) is 0. The average molecular weight is 569 g/mol. The van der Waals surface area contributed by atoms with E-state index < -0.39 is 0 Å². The van der Waals surface area contributed by atoms with E-state index in [4.69, 9.17) is 4.99 Å². The number of unbranched alkanes of at least 4 members (excludes halogenated alkanes) is 20. The predicted octanol–water partition coefficient (Wildman–Crippen LogP) is 11.2. The van der Waals surface area contributed by atoms with Crippen molar-refractivity contribution in [1.82, 2.24) is 4.90 Å². The van der Waals surface area contributed by atoms with Crippen LogP contribution < -0.4 is 0 Å². The van der Waals surface area contributed by atoms with E-state index in [9.17, 15) is 5.11 Å². The highest BCUT2D eigenvalue weighted by atomic mass is 35.5. The van der Waals surface area contributed by atoms with E-state index in [2.05, 4.69) is 30.9 Å². The summed E-state index contributed by atoms with van der Waals surface area (Å²) < 4.78 is 0. The lowest BCUT2D eigenvalue weighted by Gasteiger charge is -2.33. The molecule has 0 aromatic heterocycles. The van der Waals surface area contributed by atoms with Crippen LogP contribution >= 0.6 is 12.4 Å². The Morgan fingerprint density at radius 1 is 0.667 bits per heavy atom. The number of rotatable bonds is 28. The van der Waals surface area contributed by atoms with E-state index in [1.54, 1.807) is 0 Å². The van der Waals surface area contributed by atoms with Crippen LogP contribution in [0.4, 0.5) is 0 Å². The number of aliphatic hydroxyl groups is 1. The molecule has 3 nitrogen and oxygen atoms in total. The summed E-state index contributed by atoms with van der Waals surface area (Å²) in [6.45, 7) is 8.49. The van der Waals surface area contributed by atoms with E-state index in [-0.39, 0.29) is 24.6 Å². The molecular formula is C35H69ClN2O. The van der Waals surface area contributed by atoms with Gasteiger partial charge in [0.25, 0.3) is 0 Å². The van der Waals surface area contributed by atoms with E-state index in [1.807, 2.05) is 6.92 Å². The third kappa shape index (κ3) is 21.8. The number of hydrogen-bond donors (Lipinski definition) is 1. The summed E-state index contributed by atoms with van der Waals surface area (Å²) in [7, 11) is 0. The lowest BCUT2D eigenvalue weighted by Crippen LogP contribution is -2.44. The Bertz CT molecular complexity index is 563. The highest BCUT2D eigenvalue weighted by Crippen LogP contribution is 2.21. The fourth-order valence-electron chi connectivity index (χ4n) is 5.94. The van der Waals surface area contributed by atoms with Gasteiger partial charge >= 0.3 is 0 Å². The van der Waals surface area contributed by atoms with Crippen molar-refractivity contribution in [3.8, 4) is 0 Å². The second-order valence-corrected chi connectivity index (χ2v) is 12.1. The van der Waals surface area contributed by atoms with Gasteiger partial charge in [-0.25, -0.2) is 0 Å². The molecule has 0 amide bonds. The first-order valence-corrected chi connectivity index (χ1v) is 17.3. The molecule has 39 heavy (non-hydrogen) atoms. The molecule has 1 rings (SSSR count). The summed E-state index contributed by atoms with van der Waals surface area (Å²) in [5.74, 6) is 1.28. The molecule has 0 aromatic carbocycles. The molecule has 1 aliphatic heterocycles. The first-order valence-electron chi connectivity index (χ1n) is 17.3. The third-order valence-electron chi connectivity index (χ3n) is 8.44. The van der Waals surface area contributed by atoms with Crippen LogP contribution in [0.2, 0.25) is 0 Å². The maximum absolute atomic E-state index is 10.5. The van der Waals surface area contributed by atoms with Crippen LogP contribution in [-0.2, 0) is 0 Å². The zero-order valence-corrected chi connectivity index (χ0v) is 27.5. The van der Waals surface area contributed by atoms with Gasteiger partial charge in [-0.1, -0.05) is 142 Å². The Kier molecular flexibility index (Phi) is 28.6. The largest absolute Gasteiger partial charge is 0.391 e. The predicted molar refractivity (Wildman–Crippen MR) is 178 cm³/mol. The number of amidine groups is 1. The van der Waals surface area contributed by atoms with Gasteiger partial charge in [0.05, 0.1) is 24.5 Å². The van der Waals surface area contributed by atoms with Crippen LogP contribution in [0.15, 0.2) is 17.1 Å². The van der Waals surface area contributed by atoms with E-state index in [1.165, 1.54) is 154 Å². The number of aliphatic hydroxyl groups excluding tert-OH is 1. The molecule has 0 aliphatic carbocycles. The molecule has 4 heteroatoms. The lowest BCUT2D eigenvalue weighted by atomic mass is 10.00. The number of halogens is 1. The van der Waals surface area contributed by atoms with Gasteiger partial charge in [0.1, 0.15) is 0 Å². The summed E-state index contributed by atoms with van der Waals surface area (Å²) in [6.07, 6.45) is 38.0. The van der Waals surface area contributed by atoms with Crippen LogP contribution in [0.3, 0.4) is 0 Å². The Hall–Kier alpha value is -0.540. The minimum Gasteiger partial charge on any atom is -0.391 e. The van der Waals surface area contributed by atoms with Crippen molar-refractivity contribution in [2.24, 2.45) is 4.99 Å². The smallest absolute Gasteiger partial charge is 0.0993 e. The molecule has 0 aromatic rings. The number of allylic oxidation sites excluding steroid dienone is 2. The van der Waals surface area contributed by atoms with Gasteiger partial charge in [-0.05, 0) is 45.4 Å². The highest BCUT2D eigenvalue weighted by molar-refractivity contribution is 5.85. The van der Waals surface area contributed by atoms with Crippen molar-refractivity contribution >= 4 is 18.2 Å². The summed E-state index contributed by atoms with van der Waals surface area (Å²) >= 11 is 0. The van der Waals surface area contributed by atoms with E-state index in [0.29, 0.717) is 0 Å². The molecule has 1 heterocycles. The van der Waals surface area contributed by atoms with Crippen molar-refractivity contribution in [2.45, 2.75) is 193 Å². The molecule has 0 radical (unpaired) electrons. The number of aliphatic imine (C=N–C) groups is 1. The highest BCUT2D eigenvalue weighted by Gasteiger charge is 2.27. The molecule has 0 fully saturated rings. The van der Waals surface area contributed by atoms with Gasteiger partial charge < -0.3 is 10.0 Å². The van der Waals surface area contributed by atoms with Crippen molar-refractivity contribution < 1.29 is 5.11 Å². The minimum atomic E-state index is -0.275. The van der Waals surface area contributed by atoms with Crippen LogP contribution in [0.5, 0.6) is 0 Å². The van der Waals surface area contributed by atoms with Crippen LogP contribution in [0, 0.1) is 0 Å². The van der Waals surface area contributed by atoms with Crippen molar-refractivity contribution in [3.05, 3.63) is 12.2 Å². The Morgan fingerprint density at radius 3 is 1.59 bits per heavy atom. The second-order valence-electron chi connectivity index (χ2n) is 12.1. The van der Waals surface area contributed by atoms with Gasteiger partial charge in [0, 0.05) is 13.0 Å². The van der Waals surface area contributed by atoms with Gasteiger partial charge in [-0.3, -0.25) is 4.99 Å². The summed E-state index contributed by atoms with van der Waals surface area (Å²) in [4.78, 5) is 7.31. The van der Waals surface area contributed by atoms with Crippen molar-refractivity contribution in [2.75, 3.05) is 13.1 Å². The maximum Gasteiger partial charge on any atom is 0.0993 e. The molecular weight excluding hydrogens is 500 g/mol. The minimum absolute atomic E-state index is 0. The molecule has 1 N–H and O–H groups in total. The Labute approximate surface area is 251 Å². The molecule has 0 saturated carbocycles. The lowest BCUT2D eigenvalue weighted by molar-refractivity contribution is 0.0953. The zero-order valence-electron chi connectivity index (χ0n) is 26.7. The van der Waals surface area contributed by atoms with Gasteiger partial charge in [0.15, 0.2) is 0 Å². The molecule has 0 saturated heterocycles. The summed E-state index contributed by atoms with van der Waals surface area (Å²) in [6, 6.07) is 0.254. The SMILES string of the molecule is CCCCCCCC/C=C\CCCCCCCC(C(C)O)N1CCN=C1CCCCCCCCCCCC.Cl. The zero-order chi connectivity index (χ0) is 27.5. The van der Waals surface area contributed by atoms with Gasteiger partial charge in [-0.2, -0.15) is 0 Å². The number of nitrogens with zero attached hydrogens (tertiary/aromatic N) is 2. The molecule has 232 valence electrons. The van der Waals surface area contributed by atoms with Crippen molar-refractivity contribution in [3.63, 3.8) is 0 Å². The van der Waals surface area contributed by atoms with Crippen molar-refractivity contribution in [1.29, 1.82) is 0 Å². The monoisotopic (exact) mass is 569 g/mol. The van der Waals surface area contributed by atoms with E-state index in [0.717, 1.165) is 25.9 Å². The average Bonchev–Trinajstić information content (AvgIpc) is 3.37. The Balaban J connectivity index is 0.0000144. The first kappa shape index (κ1) is 38.5. The molecule has 2 unspecified atom stereocenters. The van der Waals surface area contributed by atoms with Crippen LogP contribution in [-0.4, -0.2) is 41.1 Å². The molecule has 1 aliphatic rings. The standard InChI is InChI=1S/C35H68N2O.ClH/c1-4-6-8-10-12-14-16-17-18-19-20-21-23-25-27-29-34(33(3)38)37-32-31-36-35(37)30-28-26-24-22-15-13-11-9-7-5-2;/h17-18,33-34,38H,4-16,19-32H2,1-3H3;1H/b18-17-;. The molecule has 0 bridgehead atoms. The molecule has 2 atom stereocenters. The fourth-order valence-corrected chi connectivity index (χ4v) is 5.94. The van der Waals surface area contributed by atoms with E-state index >= 15 is 0 Å². The quantitative estimate of drug-likeness (QED) is 0.0752. The Morgan fingerprint density at radius 2 is 1.10 bits per heavy atom. The summed E-state index contributed by atoms with van der Waals surface area (Å²) in [5, 5.41) is 10.5. The molecule has 0 spiro atoms. The first-order chi connectivity index (χ1) is 18.7. The van der Waals surface area contributed by atoms with Crippen LogP contribution in [0.1, 0.15) is 181 Å². The normalized spacial score (nSPS) is 15.1. The third-order valence-corrected chi connectivity index (χ3v) is 8.44. The van der Waals surface area contributed by atoms with Gasteiger partial charge in [0.2, 0.25) is 0 Å². The topological polar surface area (TPSA) is 35.8 Å². The van der Waals surface area contributed by atoms with Gasteiger partial charge in [-0.15, -0.1) is 12.4 Å².